The van der Waals surface area contributed by atoms with Crippen LogP contribution in [-0.4, -0.2) is 45.8 Å². The van der Waals surface area contributed by atoms with Crippen LogP contribution in [0.2, 0.25) is 0 Å². The van der Waals surface area contributed by atoms with Gasteiger partial charge >= 0.3 is 0 Å². The molecule has 1 saturated heterocycles. The lowest BCUT2D eigenvalue weighted by Gasteiger charge is -2.34. The van der Waals surface area contributed by atoms with Crippen molar-refractivity contribution in [2.45, 2.75) is 31.3 Å². The number of rotatable bonds is 8. The molecule has 2 heterocycles. The Morgan fingerprint density at radius 1 is 1.14 bits per heavy atom. The maximum Gasteiger partial charge on any atom is 0.141 e. The van der Waals surface area contributed by atoms with Gasteiger partial charge in [0.2, 0.25) is 0 Å². The molecule has 2 fully saturated rings. The number of nitrogens with two attached hydrogens (primary N) is 1. The number of aromatic nitrogens is 2. The van der Waals surface area contributed by atoms with E-state index < -0.39 is 0 Å². The van der Waals surface area contributed by atoms with E-state index in [0.717, 1.165) is 38.1 Å². The normalized spacial score (nSPS) is 21.2. The zero-order valence-electron chi connectivity index (χ0n) is 20.0. The predicted molar refractivity (Wildman–Crippen MR) is 140 cm³/mol. The lowest BCUT2D eigenvalue weighted by Crippen LogP contribution is -2.44. The molecule has 1 aliphatic heterocycles. The van der Waals surface area contributed by atoms with Gasteiger partial charge in [0, 0.05) is 35.7 Å². The van der Waals surface area contributed by atoms with Crippen molar-refractivity contribution in [1.29, 1.82) is 10.7 Å². The fourth-order valence-electron chi connectivity index (χ4n) is 4.88. The van der Waals surface area contributed by atoms with Crippen LogP contribution in [0.3, 0.4) is 0 Å². The molecule has 2 aromatic carbocycles. The standard InChI is InChI=1S/C28H29N7O/c1-18(15-29)23-14-24(23)35-13-5-6-20(16-35)34-28-25(27(31)32-17-33-28)26(30)19-9-11-22(12-10-19)36-21-7-3-2-4-8-21/h2-4,7-12,17,20,23-24,30H,1,5-6,13-14,16H2,(H3,31,32,33,34). The minimum Gasteiger partial charge on any atom is -0.457 e. The highest BCUT2D eigenvalue weighted by Gasteiger charge is 2.44. The third-order valence-corrected chi connectivity index (χ3v) is 6.86. The van der Waals surface area contributed by atoms with Crippen LogP contribution in [0.25, 0.3) is 0 Å². The first-order chi connectivity index (χ1) is 17.5. The van der Waals surface area contributed by atoms with E-state index >= 15 is 0 Å². The van der Waals surface area contributed by atoms with Crippen LogP contribution in [0, 0.1) is 22.7 Å². The number of likely N-dealkylation sites (tertiary alicyclic amines) is 1. The van der Waals surface area contributed by atoms with Gasteiger partial charge in [-0.2, -0.15) is 5.26 Å². The van der Waals surface area contributed by atoms with Crippen LogP contribution < -0.4 is 15.8 Å². The third-order valence-electron chi connectivity index (χ3n) is 6.86. The summed E-state index contributed by atoms with van der Waals surface area (Å²) in [5, 5.41) is 21.6. The molecule has 1 aromatic heterocycles. The Kier molecular flexibility index (Phi) is 6.65. The van der Waals surface area contributed by atoms with Gasteiger partial charge in [0.05, 0.1) is 17.3 Å². The maximum atomic E-state index is 9.16. The van der Waals surface area contributed by atoms with Gasteiger partial charge in [-0.15, -0.1) is 0 Å². The summed E-state index contributed by atoms with van der Waals surface area (Å²) in [6, 6.07) is 19.7. The first-order valence-electron chi connectivity index (χ1n) is 12.2. The Bertz CT molecular complexity index is 1300. The van der Waals surface area contributed by atoms with Crippen molar-refractivity contribution < 1.29 is 4.74 Å². The molecule has 1 aliphatic carbocycles. The van der Waals surface area contributed by atoms with Gasteiger partial charge in [0.1, 0.15) is 29.5 Å². The van der Waals surface area contributed by atoms with E-state index in [1.54, 1.807) is 0 Å². The summed E-state index contributed by atoms with van der Waals surface area (Å²) in [6.07, 6.45) is 4.48. The van der Waals surface area contributed by atoms with Gasteiger partial charge in [-0.25, -0.2) is 9.97 Å². The third kappa shape index (κ3) is 5.07. The van der Waals surface area contributed by atoms with Gasteiger partial charge in [-0.3, -0.25) is 10.3 Å². The molecule has 1 saturated carbocycles. The first kappa shape index (κ1) is 23.5. The number of ether oxygens (including phenoxy) is 1. The van der Waals surface area contributed by atoms with Crippen molar-refractivity contribution in [2.24, 2.45) is 5.92 Å². The van der Waals surface area contributed by atoms with Crippen LogP contribution in [0.5, 0.6) is 11.5 Å². The monoisotopic (exact) mass is 479 g/mol. The smallest absolute Gasteiger partial charge is 0.141 e. The summed E-state index contributed by atoms with van der Waals surface area (Å²) < 4.78 is 5.87. The second-order valence-corrected chi connectivity index (χ2v) is 9.32. The van der Waals surface area contributed by atoms with Crippen molar-refractivity contribution in [2.75, 3.05) is 24.1 Å². The summed E-state index contributed by atoms with van der Waals surface area (Å²) in [5.41, 5.74) is 8.36. The highest BCUT2D eigenvalue weighted by molar-refractivity contribution is 6.16. The highest BCUT2D eigenvalue weighted by Crippen LogP contribution is 2.41. The zero-order chi connectivity index (χ0) is 25.1. The molecule has 8 heteroatoms. The van der Waals surface area contributed by atoms with Gasteiger partial charge in [-0.05, 0) is 62.2 Å². The van der Waals surface area contributed by atoms with Gasteiger partial charge in [0.15, 0.2) is 0 Å². The number of hydrogen-bond donors (Lipinski definition) is 3. The van der Waals surface area contributed by atoms with E-state index in [2.05, 4.69) is 32.8 Å². The van der Waals surface area contributed by atoms with Crippen LogP contribution in [0.15, 0.2) is 73.1 Å². The highest BCUT2D eigenvalue weighted by atomic mass is 16.5. The van der Waals surface area contributed by atoms with Crippen molar-refractivity contribution in [3.05, 3.63) is 84.2 Å². The fraction of sp³-hybridized carbons (Fsp3) is 0.286. The van der Waals surface area contributed by atoms with Crippen LogP contribution in [0.1, 0.15) is 30.4 Å². The molecule has 0 bridgehead atoms. The second kappa shape index (κ2) is 10.2. The van der Waals surface area contributed by atoms with Crippen molar-refractivity contribution in [1.82, 2.24) is 14.9 Å². The number of piperidine rings is 1. The maximum absolute atomic E-state index is 9.16. The van der Waals surface area contributed by atoms with E-state index in [1.165, 1.54) is 6.33 Å². The molecular formula is C28H29N7O. The number of nitriles is 1. The van der Waals surface area contributed by atoms with E-state index in [4.69, 9.17) is 21.1 Å². The second-order valence-electron chi connectivity index (χ2n) is 9.32. The number of anilines is 2. The molecule has 36 heavy (non-hydrogen) atoms. The fourth-order valence-corrected chi connectivity index (χ4v) is 4.88. The molecule has 0 radical (unpaired) electrons. The SMILES string of the molecule is C=C(C#N)C1CC1N1CCCC(Nc2ncnc(N)c2C(=N)c2ccc(Oc3ccccc3)cc2)C1. The molecule has 8 nitrogen and oxygen atoms in total. The average Bonchev–Trinajstić information content (AvgIpc) is 3.71. The lowest BCUT2D eigenvalue weighted by molar-refractivity contribution is 0.201. The lowest BCUT2D eigenvalue weighted by atomic mass is 10.0. The quantitative estimate of drug-likeness (QED) is 0.318. The number of benzene rings is 2. The van der Waals surface area contributed by atoms with E-state index in [-0.39, 0.29) is 23.5 Å². The predicted octanol–water partition coefficient (Wildman–Crippen LogP) is 4.61. The molecule has 0 spiro atoms. The Labute approximate surface area is 211 Å². The molecule has 0 amide bonds. The number of para-hydroxylation sites is 1. The summed E-state index contributed by atoms with van der Waals surface area (Å²) in [7, 11) is 0. The zero-order valence-corrected chi connectivity index (χ0v) is 20.0. The van der Waals surface area contributed by atoms with E-state index in [1.807, 2.05) is 54.6 Å². The van der Waals surface area contributed by atoms with Crippen molar-refractivity contribution in [3.8, 4) is 17.6 Å². The number of hydrogen-bond acceptors (Lipinski definition) is 8. The number of nitrogen functional groups attached to an aromatic ring is 1. The van der Waals surface area contributed by atoms with Gasteiger partial charge in [-0.1, -0.05) is 24.8 Å². The Hall–Kier alpha value is -4.22. The first-order valence-corrected chi connectivity index (χ1v) is 12.2. The number of nitrogens with one attached hydrogen (secondary N) is 2. The van der Waals surface area contributed by atoms with Gasteiger partial charge < -0.3 is 15.8 Å². The van der Waals surface area contributed by atoms with Crippen LogP contribution >= 0.6 is 0 Å². The van der Waals surface area contributed by atoms with Crippen molar-refractivity contribution in [3.63, 3.8) is 0 Å². The van der Waals surface area contributed by atoms with E-state index in [9.17, 15) is 0 Å². The van der Waals surface area contributed by atoms with Crippen molar-refractivity contribution >= 4 is 17.3 Å². The topological polar surface area (TPSA) is 124 Å². The van der Waals surface area contributed by atoms with E-state index in [0.29, 0.717) is 34.3 Å². The number of nitrogens with zero attached hydrogens (tertiary/aromatic N) is 4. The Morgan fingerprint density at radius 3 is 2.64 bits per heavy atom. The Balaban J connectivity index is 1.29. The molecule has 182 valence electrons. The minimum atomic E-state index is 0.165. The summed E-state index contributed by atoms with van der Waals surface area (Å²) >= 11 is 0. The average molecular weight is 480 g/mol. The molecule has 4 N–H and O–H groups in total. The molecule has 3 unspecified atom stereocenters. The molecule has 3 aromatic rings. The largest absolute Gasteiger partial charge is 0.457 e. The molecule has 5 rings (SSSR count). The molecular weight excluding hydrogens is 450 g/mol. The molecule has 2 aliphatic rings. The minimum absolute atomic E-state index is 0.165. The van der Waals surface area contributed by atoms with Gasteiger partial charge in [0.25, 0.3) is 0 Å². The Morgan fingerprint density at radius 2 is 1.89 bits per heavy atom. The summed E-state index contributed by atoms with van der Waals surface area (Å²) in [6.45, 7) is 5.76. The van der Waals surface area contributed by atoms with Crippen LogP contribution in [0.4, 0.5) is 11.6 Å². The summed E-state index contributed by atoms with van der Waals surface area (Å²) in [4.78, 5) is 11.0. The van der Waals surface area contributed by atoms with Crippen LogP contribution in [-0.2, 0) is 0 Å². The molecule has 3 atom stereocenters. The summed E-state index contributed by atoms with van der Waals surface area (Å²) in [5.74, 6) is 2.55.